The summed E-state index contributed by atoms with van der Waals surface area (Å²) in [6.07, 6.45) is 4.22. The first kappa shape index (κ1) is 17.9. The molecule has 0 bridgehead atoms. The van der Waals surface area contributed by atoms with Gasteiger partial charge >= 0.3 is 0 Å². The molecule has 0 aliphatic rings. The lowest BCUT2D eigenvalue weighted by atomic mass is 10.1. The van der Waals surface area contributed by atoms with Crippen LogP contribution in [-0.2, 0) is 11.2 Å². The Morgan fingerprint density at radius 3 is 2.58 bits per heavy atom. The van der Waals surface area contributed by atoms with E-state index in [1.54, 1.807) is 24.4 Å². The molecule has 0 atom stereocenters. The second-order valence-corrected chi connectivity index (χ2v) is 6.58. The lowest BCUT2D eigenvalue weighted by Gasteiger charge is -2.20. The summed E-state index contributed by atoms with van der Waals surface area (Å²) in [4.78, 5) is 31.4. The molecule has 0 fully saturated rings. The van der Waals surface area contributed by atoms with Gasteiger partial charge in [-0.15, -0.1) is 17.9 Å². The van der Waals surface area contributed by atoms with Gasteiger partial charge in [-0.05, 0) is 31.0 Å². The van der Waals surface area contributed by atoms with E-state index in [4.69, 9.17) is 0 Å². The van der Waals surface area contributed by atoms with E-state index in [2.05, 4.69) is 23.8 Å². The van der Waals surface area contributed by atoms with E-state index in [9.17, 15) is 9.59 Å². The van der Waals surface area contributed by atoms with Crippen LogP contribution in [0.2, 0.25) is 0 Å². The fourth-order valence-corrected chi connectivity index (χ4v) is 2.87. The van der Waals surface area contributed by atoms with Crippen molar-refractivity contribution in [2.45, 2.75) is 20.3 Å². The number of nitrogens with one attached hydrogen (secondary N) is 1. The van der Waals surface area contributed by atoms with Crippen molar-refractivity contribution in [3.05, 3.63) is 59.1 Å². The number of aryl methyl sites for hydroxylation is 2. The molecule has 0 radical (unpaired) electrons. The van der Waals surface area contributed by atoms with Crippen LogP contribution in [0.25, 0.3) is 0 Å². The summed E-state index contributed by atoms with van der Waals surface area (Å²) in [7, 11) is 0. The lowest BCUT2D eigenvalue weighted by molar-refractivity contribution is -0.116. The fourth-order valence-electron chi connectivity index (χ4n) is 2.19. The number of hydrogen-bond donors (Lipinski definition) is 1. The molecule has 126 valence electrons. The predicted octanol–water partition coefficient (Wildman–Crippen LogP) is 3.28. The van der Waals surface area contributed by atoms with Crippen molar-refractivity contribution >= 4 is 28.3 Å². The summed E-state index contributed by atoms with van der Waals surface area (Å²) in [5, 5.41) is 3.25. The average Bonchev–Trinajstić information content (AvgIpc) is 2.98. The lowest BCUT2D eigenvalue weighted by Crippen LogP contribution is -2.38. The normalized spacial score (nSPS) is 10.2. The van der Waals surface area contributed by atoms with Gasteiger partial charge in [0.15, 0.2) is 5.13 Å². The number of rotatable bonds is 7. The Morgan fingerprint density at radius 2 is 2.04 bits per heavy atom. The Balaban J connectivity index is 2.05. The van der Waals surface area contributed by atoms with Crippen LogP contribution in [0.5, 0.6) is 0 Å². The molecule has 24 heavy (non-hydrogen) atoms. The second-order valence-electron chi connectivity index (χ2n) is 5.35. The minimum atomic E-state index is -0.273. The highest BCUT2D eigenvalue weighted by atomic mass is 32.1. The van der Waals surface area contributed by atoms with Crippen molar-refractivity contribution in [1.29, 1.82) is 0 Å². The largest absolute Gasteiger partial charge is 0.326 e. The number of nitrogens with zero attached hydrogens (tertiary/aromatic N) is 2. The van der Waals surface area contributed by atoms with E-state index in [1.807, 2.05) is 19.1 Å². The molecule has 1 aromatic heterocycles. The highest BCUT2D eigenvalue weighted by molar-refractivity contribution is 7.15. The van der Waals surface area contributed by atoms with Crippen LogP contribution in [0.1, 0.15) is 27.7 Å². The quantitative estimate of drug-likeness (QED) is 0.785. The zero-order chi connectivity index (χ0) is 17.5. The molecule has 0 saturated heterocycles. The number of carbonyl (C=O) groups is 2. The van der Waals surface area contributed by atoms with Gasteiger partial charge in [0.1, 0.15) is 6.54 Å². The summed E-state index contributed by atoms with van der Waals surface area (Å²) >= 11 is 1.40. The van der Waals surface area contributed by atoms with Crippen molar-refractivity contribution < 1.29 is 9.59 Å². The van der Waals surface area contributed by atoms with Crippen LogP contribution in [0.3, 0.4) is 0 Å². The van der Waals surface area contributed by atoms with Gasteiger partial charge in [-0.1, -0.05) is 25.1 Å². The molecular formula is C18H21N3O2S. The maximum absolute atomic E-state index is 12.6. The Labute approximate surface area is 146 Å². The van der Waals surface area contributed by atoms with Crippen molar-refractivity contribution in [2.75, 3.05) is 18.4 Å². The number of amides is 2. The Bertz CT molecular complexity index is 722. The van der Waals surface area contributed by atoms with Crippen LogP contribution >= 0.6 is 11.3 Å². The number of carbonyl (C=O) groups excluding carboxylic acids is 2. The first-order valence-corrected chi connectivity index (χ1v) is 8.56. The van der Waals surface area contributed by atoms with Crippen LogP contribution < -0.4 is 5.32 Å². The first-order chi connectivity index (χ1) is 11.5. The summed E-state index contributed by atoms with van der Waals surface area (Å²) in [5.41, 5.74) is 1.73. The van der Waals surface area contributed by atoms with Gasteiger partial charge in [-0.25, -0.2) is 4.98 Å². The van der Waals surface area contributed by atoms with Crippen molar-refractivity contribution in [1.82, 2.24) is 9.88 Å². The molecule has 1 heterocycles. The van der Waals surface area contributed by atoms with Gasteiger partial charge in [-0.3, -0.25) is 9.59 Å². The third-order valence-electron chi connectivity index (χ3n) is 3.45. The molecule has 2 aromatic rings. The topological polar surface area (TPSA) is 62.3 Å². The Hall–Kier alpha value is -2.47. The second kappa shape index (κ2) is 8.40. The molecule has 5 nitrogen and oxygen atoms in total. The minimum absolute atomic E-state index is 0.0426. The molecule has 2 rings (SSSR count). The van der Waals surface area contributed by atoms with E-state index < -0.39 is 0 Å². The van der Waals surface area contributed by atoms with Crippen molar-refractivity contribution in [3.8, 4) is 0 Å². The van der Waals surface area contributed by atoms with Crippen LogP contribution in [0, 0.1) is 6.92 Å². The minimum Gasteiger partial charge on any atom is -0.326 e. The SMILES string of the molecule is C=CCN(CC(=O)Nc1ncc(C)s1)C(=O)c1ccc(CC)cc1. The van der Waals surface area contributed by atoms with E-state index >= 15 is 0 Å². The standard InChI is InChI=1S/C18H21N3O2S/c1-4-10-21(12-16(22)20-18-19-11-13(3)24-18)17(23)15-8-6-14(5-2)7-9-15/h4,6-9,11H,1,5,10,12H2,2-3H3,(H,19,20,22). The van der Waals surface area contributed by atoms with Crippen molar-refractivity contribution in [2.24, 2.45) is 0 Å². The molecule has 0 aliphatic carbocycles. The highest BCUT2D eigenvalue weighted by Crippen LogP contribution is 2.16. The zero-order valence-corrected chi connectivity index (χ0v) is 14.7. The number of hydrogen-bond acceptors (Lipinski definition) is 4. The molecule has 2 amide bonds. The molecule has 0 aliphatic heterocycles. The van der Waals surface area contributed by atoms with E-state index in [0.29, 0.717) is 17.2 Å². The number of aromatic nitrogens is 1. The van der Waals surface area contributed by atoms with E-state index in [-0.39, 0.29) is 18.4 Å². The molecular weight excluding hydrogens is 322 g/mol. The Kier molecular flexibility index (Phi) is 6.26. The smallest absolute Gasteiger partial charge is 0.254 e. The third-order valence-corrected chi connectivity index (χ3v) is 4.28. The molecule has 0 saturated carbocycles. The molecule has 1 aromatic carbocycles. The number of anilines is 1. The van der Waals surface area contributed by atoms with Gasteiger partial charge in [0.05, 0.1) is 0 Å². The monoisotopic (exact) mass is 343 g/mol. The maximum Gasteiger partial charge on any atom is 0.254 e. The zero-order valence-electron chi connectivity index (χ0n) is 13.9. The van der Waals surface area contributed by atoms with Gasteiger partial charge in [0, 0.05) is 23.2 Å². The van der Waals surface area contributed by atoms with Crippen LogP contribution in [0.15, 0.2) is 43.1 Å². The number of thiazole rings is 1. The van der Waals surface area contributed by atoms with Gasteiger partial charge < -0.3 is 10.2 Å². The molecule has 6 heteroatoms. The molecule has 1 N–H and O–H groups in total. The summed E-state index contributed by atoms with van der Waals surface area (Å²) in [6, 6.07) is 7.44. The highest BCUT2D eigenvalue weighted by Gasteiger charge is 2.18. The maximum atomic E-state index is 12.6. The summed E-state index contributed by atoms with van der Waals surface area (Å²) in [6.45, 7) is 7.90. The Morgan fingerprint density at radius 1 is 1.33 bits per heavy atom. The first-order valence-electron chi connectivity index (χ1n) is 7.75. The van der Waals surface area contributed by atoms with Crippen LogP contribution in [0.4, 0.5) is 5.13 Å². The summed E-state index contributed by atoms with van der Waals surface area (Å²) in [5.74, 6) is -0.465. The molecule has 0 unspecified atom stereocenters. The van der Waals surface area contributed by atoms with Gasteiger partial charge in [0.25, 0.3) is 5.91 Å². The predicted molar refractivity (Wildman–Crippen MR) is 97.4 cm³/mol. The summed E-state index contributed by atoms with van der Waals surface area (Å²) < 4.78 is 0. The fraction of sp³-hybridized carbons (Fsp3) is 0.278. The third kappa shape index (κ3) is 4.76. The van der Waals surface area contributed by atoms with Gasteiger partial charge in [-0.2, -0.15) is 0 Å². The van der Waals surface area contributed by atoms with Gasteiger partial charge in [0.2, 0.25) is 5.91 Å². The van der Waals surface area contributed by atoms with Crippen LogP contribution in [-0.4, -0.2) is 34.8 Å². The average molecular weight is 343 g/mol. The van der Waals surface area contributed by atoms with Crippen molar-refractivity contribution in [3.63, 3.8) is 0 Å². The number of benzene rings is 1. The van der Waals surface area contributed by atoms with E-state index in [0.717, 1.165) is 11.3 Å². The molecule has 0 spiro atoms. The van der Waals surface area contributed by atoms with E-state index in [1.165, 1.54) is 21.8 Å².